The molecule has 1 aliphatic carbocycles. The number of para-hydroxylation sites is 1. The molecule has 35 heavy (non-hydrogen) atoms. The highest BCUT2D eigenvalue weighted by atomic mass is 15.1. The first-order valence-corrected chi connectivity index (χ1v) is 12.0. The highest BCUT2D eigenvalue weighted by Gasteiger charge is 2.17. The summed E-state index contributed by atoms with van der Waals surface area (Å²) >= 11 is 0. The number of fused-ring (bicyclic) bond motifs is 2. The first-order valence-electron chi connectivity index (χ1n) is 12.0. The maximum absolute atomic E-state index is 3.47. The monoisotopic (exact) mass is 447 g/mol. The standard InChI is InChI=1S/C34H25N/c1-3-10-26(11-4-1)18-19-27-20-22-32(23-21-27)35(31-15-5-2-6-16-31)34-17-9-14-30-24-28-12-7-8-13-29(28)25-33(30)34/h1-18,20,22-25H,21H2. The molecule has 0 saturated carbocycles. The van der Waals surface area contributed by atoms with Crippen LogP contribution in [0.3, 0.4) is 0 Å². The van der Waals surface area contributed by atoms with Gasteiger partial charge in [-0.1, -0.05) is 91.0 Å². The van der Waals surface area contributed by atoms with E-state index in [9.17, 15) is 0 Å². The van der Waals surface area contributed by atoms with Crippen LogP contribution in [0, 0.1) is 0 Å². The summed E-state index contributed by atoms with van der Waals surface area (Å²) in [7, 11) is 0. The number of anilines is 2. The molecule has 5 aromatic rings. The average Bonchev–Trinajstić information content (AvgIpc) is 2.93. The summed E-state index contributed by atoms with van der Waals surface area (Å²) in [5.41, 5.74) is 9.31. The Kier molecular flexibility index (Phi) is 5.60. The molecule has 0 N–H and O–H groups in total. The van der Waals surface area contributed by atoms with E-state index in [0.29, 0.717) is 0 Å². The summed E-state index contributed by atoms with van der Waals surface area (Å²) in [6, 6.07) is 40.7. The van der Waals surface area contributed by atoms with E-state index in [1.54, 1.807) is 0 Å². The lowest BCUT2D eigenvalue weighted by Crippen LogP contribution is -2.16. The van der Waals surface area contributed by atoms with E-state index < -0.39 is 0 Å². The van der Waals surface area contributed by atoms with Crippen LogP contribution in [-0.2, 0) is 0 Å². The number of hydrogen-bond donors (Lipinski definition) is 0. The van der Waals surface area contributed by atoms with Gasteiger partial charge in [0, 0.05) is 16.8 Å². The second-order valence-corrected chi connectivity index (χ2v) is 8.76. The molecule has 0 radical (unpaired) electrons. The van der Waals surface area contributed by atoms with E-state index in [1.807, 2.05) is 6.07 Å². The summed E-state index contributed by atoms with van der Waals surface area (Å²) in [5, 5.41) is 5.01. The van der Waals surface area contributed by atoms with E-state index in [0.717, 1.165) is 17.7 Å². The highest BCUT2D eigenvalue weighted by Crippen LogP contribution is 2.38. The predicted octanol–water partition coefficient (Wildman–Crippen LogP) is 9.21. The van der Waals surface area contributed by atoms with Crippen molar-refractivity contribution in [2.75, 3.05) is 4.90 Å². The Labute approximate surface area is 206 Å². The van der Waals surface area contributed by atoms with Gasteiger partial charge in [-0.25, -0.2) is 0 Å². The molecule has 1 aliphatic rings. The fourth-order valence-electron chi connectivity index (χ4n) is 4.68. The number of benzene rings is 5. The molecule has 1 heteroatoms. The number of hydrogen-bond acceptors (Lipinski definition) is 1. The van der Waals surface area contributed by atoms with Crippen molar-refractivity contribution in [3.05, 3.63) is 156 Å². The zero-order valence-electron chi connectivity index (χ0n) is 19.4. The van der Waals surface area contributed by atoms with Crippen molar-refractivity contribution in [2.24, 2.45) is 0 Å². The average molecular weight is 448 g/mol. The minimum atomic E-state index is 0.839. The van der Waals surface area contributed by atoms with Gasteiger partial charge in [0.25, 0.3) is 0 Å². The molecule has 0 spiro atoms. The van der Waals surface area contributed by atoms with Crippen LogP contribution in [0.4, 0.5) is 11.4 Å². The SMILES string of the molecule is C(=Cc1ccccc1)=C1C=CC(N(c2ccccc2)c2cccc3cc4ccccc4cc23)=CC1. The van der Waals surface area contributed by atoms with Gasteiger partial charge in [0.05, 0.1) is 5.69 Å². The quantitative estimate of drug-likeness (QED) is 0.196. The van der Waals surface area contributed by atoms with Gasteiger partial charge in [0.1, 0.15) is 0 Å². The Bertz CT molecular complexity index is 1630. The molecule has 0 fully saturated rings. The van der Waals surface area contributed by atoms with Gasteiger partial charge < -0.3 is 4.90 Å². The zero-order valence-corrected chi connectivity index (χ0v) is 19.4. The van der Waals surface area contributed by atoms with Gasteiger partial charge in [-0.3, -0.25) is 0 Å². The first-order chi connectivity index (χ1) is 17.3. The van der Waals surface area contributed by atoms with E-state index in [1.165, 1.54) is 38.5 Å². The second-order valence-electron chi connectivity index (χ2n) is 8.76. The third-order valence-electron chi connectivity index (χ3n) is 6.45. The van der Waals surface area contributed by atoms with Crippen molar-refractivity contribution in [3.63, 3.8) is 0 Å². The van der Waals surface area contributed by atoms with Crippen molar-refractivity contribution in [1.29, 1.82) is 0 Å². The Balaban J connectivity index is 1.44. The van der Waals surface area contributed by atoms with E-state index in [-0.39, 0.29) is 0 Å². The van der Waals surface area contributed by atoms with Gasteiger partial charge in [0.15, 0.2) is 0 Å². The van der Waals surface area contributed by atoms with Gasteiger partial charge in [-0.05, 0) is 82.3 Å². The maximum atomic E-state index is 3.47. The summed E-state index contributed by atoms with van der Waals surface area (Å²) < 4.78 is 0. The minimum Gasteiger partial charge on any atom is -0.310 e. The number of rotatable bonds is 4. The van der Waals surface area contributed by atoms with Crippen LogP contribution in [-0.4, -0.2) is 0 Å². The van der Waals surface area contributed by atoms with Crippen molar-refractivity contribution < 1.29 is 0 Å². The van der Waals surface area contributed by atoms with Crippen molar-refractivity contribution in [1.82, 2.24) is 0 Å². The van der Waals surface area contributed by atoms with Crippen molar-refractivity contribution >= 4 is 39.0 Å². The van der Waals surface area contributed by atoms with Crippen LogP contribution in [0.1, 0.15) is 12.0 Å². The van der Waals surface area contributed by atoms with E-state index in [2.05, 4.69) is 144 Å². The Hall–Kier alpha value is -4.58. The zero-order chi connectivity index (χ0) is 23.5. The largest absolute Gasteiger partial charge is 0.310 e. The molecular formula is C34H25N. The lowest BCUT2D eigenvalue weighted by molar-refractivity contribution is 1.14. The van der Waals surface area contributed by atoms with Crippen LogP contribution < -0.4 is 4.90 Å². The van der Waals surface area contributed by atoms with E-state index >= 15 is 0 Å². The van der Waals surface area contributed by atoms with Gasteiger partial charge >= 0.3 is 0 Å². The van der Waals surface area contributed by atoms with Crippen LogP contribution in [0.15, 0.2) is 150 Å². The Morgan fingerprint density at radius 3 is 2.06 bits per heavy atom. The van der Waals surface area contributed by atoms with Crippen LogP contribution in [0.5, 0.6) is 0 Å². The highest BCUT2D eigenvalue weighted by molar-refractivity contribution is 6.05. The van der Waals surface area contributed by atoms with Crippen LogP contribution >= 0.6 is 0 Å². The molecule has 0 aliphatic heterocycles. The molecule has 0 aromatic heterocycles. The smallest absolute Gasteiger partial charge is 0.0540 e. The lowest BCUT2D eigenvalue weighted by atomic mass is 10.00. The summed E-state index contributed by atoms with van der Waals surface area (Å²) in [4.78, 5) is 2.37. The molecule has 0 saturated heterocycles. The second kappa shape index (κ2) is 9.35. The molecule has 0 atom stereocenters. The molecule has 6 rings (SSSR count). The molecule has 0 heterocycles. The Morgan fingerprint density at radius 1 is 0.629 bits per heavy atom. The molecule has 0 amide bonds. The normalized spacial score (nSPS) is 12.9. The summed E-state index contributed by atoms with van der Waals surface area (Å²) in [6.07, 6.45) is 9.59. The minimum absolute atomic E-state index is 0.839. The molecule has 0 bridgehead atoms. The van der Waals surface area contributed by atoms with Crippen molar-refractivity contribution in [3.8, 4) is 0 Å². The lowest BCUT2D eigenvalue weighted by Gasteiger charge is -2.29. The van der Waals surface area contributed by atoms with Crippen LogP contribution in [0.2, 0.25) is 0 Å². The summed E-state index contributed by atoms with van der Waals surface area (Å²) in [6.45, 7) is 0. The molecule has 166 valence electrons. The van der Waals surface area contributed by atoms with Gasteiger partial charge in [-0.2, -0.15) is 0 Å². The third-order valence-corrected chi connectivity index (χ3v) is 6.45. The topological polar surface area (TPSA) is 3.24 Å². The first kappa shape index (κ1) is 21.0. The maximum Gasteiger partial charge on any atom is 0.0540 e. The van der Waals surface area contributed by atoms with Gasteiger partial charge in [-0.15, -0.1) is 5.73 Å². The molecule has 5 aromatic carbocycles. The predicted molar refractivity (Wildman–Crippen MR) is 150 cm³/mol. The fraction of sp³-hybridized carbons (Fsp3) is 0.0294. The molecular weight excluding hydrogens is 422 g/mol. The summed E-state index contributed by atoms with van der Waals surface area (Å²) in [5.74, 6) is 0. The van der Waals surface area contributed by atoms with Gasteiger partial charge in [0.2, 0.25) is 0 Å². The fourth-order valence-corrected chi connectivity index (χ4v) is 4.68. The third kappa shape index (κ3) is 4.34. The molecule has 1 nitrogen and oxygen atoms in total. The van der Waals surface area contributed by atoms with Crippen molar-refractivity contribution in [2.45, 2.75) is 6.42 Å². The number of nitrogens with zero attached hydrogens (tertiary/aromatic N) is 1. The Morgan fingerprint density at radius 2 is 1.31 bits per heavy atom. The van der Waals surface area contributed by atoms with E-state index in [4.69, 9.17) is 0 Å². The number of allylic oxidation sites excluding steroid dienone is 4. The van der Waals surface area contributed by atoms with Crippen LogP contribution in [0.25, 0.3) is 27.6 Å². The molecule has 0 unspecified atom stereocenters.